The molecule has 0 atom stereocenters. The molecular formula is C16H17NO. The van der Waals surface area contributed by atoms with Crippen molar-refractivity contribution in [1.82, 2.24) is 0 Å². The highest BCUT2D eigenvalue weighted by Gasteiger charge is 2.05. The van der Waals surface area contributed by atoms with Gasteiger partial charge in [0, 0.05) is 11.3 Å². The van der Waals surface area contributed by atoms with Crippen molar-refractivity contribution in [3.8, 4) is 0 Å². The van der Waals surface area contributed by atoms with E-state index in [1.54, 1.807) is 0 Å². The summed E-state index contributed by atoms with van der Waals surface area (Å²) < 4.78 is 0. The molecule has 92 valence electrons. The van der Waals surface area contributed by atoms with E-state index in [2.05, 4.69) is 12.2 Å². The highest BCUT2D eigenvalue weighted by molar-refractivity contribution is 6.04. The van der Waals surface area contributed by atoms with Gasteiger partial charge in [0.1, 0.15) is 0 Å². The van der Waals surface area contributed by atoms with E-state index < -0.39 is 0 Å². The number of rotatable bonds is 3. The van der Waals surface area contributed by atoms with Gasteiger partial charge in [-0.2, -0.15) is 0 Å². The van der Waals surface area contributed by atoms with E-state index in [0.717, 1.165) is 12.1 Å². The summed E-state index contributed by atoms with van der Waals surface area (Å²) >= 11 is 0. The third kappa shape index (κ3) is 2.98. The van der Waals surface area contributed by atoms with Crippen LogP contribution in [0.5, 0.6) is 0 Å². The second kappa shape index (κ2) is 5.50. The Kier molecular flexibility index (Phi) is 3.78. The van der Waals surface area contributed by atoms with E-state index in [9.17, 15) is 4.79 Å². The monoisotopic (exact) mass is 239 g/mol. The molecule has 2 nitrogen and oxygen atoms in total. The van der Waals surface area contributed by atoms with Crippen LogP contribution in [0.2, 0.25) is 0 Å². The zero-order chi connectivity index (χ0) is 13.0. The van der Waals surface area contributed by atoms with Crippen molar-refractivity contribution in [3.63, 3.8) is 0 Å². The highest BCUT2D eigenvalue weighted by atomic mass is 16.1. The van der Waals surface area contributed by atoms with Gasteiger partial charge in [-0.15, -0.1) is 0 Å². The minimum atomic E-state index is -0.0680. The van der Waals surface area contributed by atoms with Crippen LogP contribution in [0.25, 0.3) is 0 Å². The third-order valence-electron chi connectivity index (χ3n) is 2.93. The number of hydrogen-bond donors (Lipinski definition) is 1. The van der Waals surface area contributed by atoms with Crippen LogP contribution in [-0.2, 0) is 6.42 Å². The number of nitrogens with one attached hydrogen (secondary N) is 1. The van der Waals surface area contributed by atoms with Crippen molar-refractivity contribution in [2.24, 2.45) is 0 Å². The number of benzene rings is 2. The van der Waals surface area contributed by atoms with E-state index in [4.69, 9.17) is 0 Å². The fourth-order valence-corrected chi connectivity index (χ4v) is 1.73. The van der Waals surface area contributed by atoms with Crippen LogP contribution in [0.1, 0.15) is 28.4 Å². The standard InChI is InChI=1S/C16H17NO/c1-3-13-6-8-14(9-7-13)16(18)17-15-10-4-12(2)5-11-15/h4-11H,3H2,1-2H3,(H,17,18). The summed E-state index contributed by atoms with van der Waals surface area (Å²) in [5, 5.41) is 2.88. The Morgan fingerprint density at radius 1 is 1.00 bits per heavy atom. The molecule has 2 aromatic carbocycles. The molecule has 0 fully saturated rings. The molecule has 1 N–H and O–H groups in total. The van der Waals surface area contributed by atoms with Gasteiger partial charge < -0.3 is 5.32 Å². The number of carbonyl (C=O) groups excluding carboxylic acids is 1. The van der Waals surface area contributed by atoms with Crippen LogP contribution in [-0.4, -0.2) is 5.91 Å². The van der Waals surface area contributed by atoms with E-state index in [1.807, 2.05) is 55.5 Å². The third-order valence-corrected chi connectivity index (χ3v) is 2.93. The number of hydrogen-bond acceptors (Lipinski definition) is 1. The summed E-state index contributed by atoms with van der Waals surface area (Å²) in [5.41, 5.74) is 3.93. The molecule has 0 spiro atoms. The Bertz CT molecular complexity index is 526. The average Bonchev–Trinajstić information content (AvgIpc) is 2.41. The number of anilines is 1. The van der Waals surface area contributed by atoms with Crippen LogP contribution in [0.3, 0.4) is 0 Å². The molecule has 0 aromatic heterocycles. The first kappa shape index (κ1) is 12.4. The molecule has 0 saturated carbocycles. The molecule has 1 amide bonds. The minimum absolute atomic E-state index is 0.0680. The summed E-state index contributed by atoms with van der Waals surface area (Å²) in [4.78, 5) is 12.0. The van der Waals surface area contributed by atoms with Crippen molar-refractivity contribution in [1.29, 1.82) is 0 Å². The highest BCUT2D eigenvalue weighted by Crippen LogP contribution is 2.11. The zero-order valence-electron chi connectivity index (χ0n) is 10.7. The van der Waals surface area contributed by atoms with E-state index in [-0.39, 0.29) is 5.91 Å². The maximum Gasteiger partial charge on any atom is 0.255 e. The van der Waals surface area contributed by atoms with Crippen molar-refractivity contribution >= 4 is 11.6 Å². The predicted octanol–water partition coefficient (Wildman–Crippen LogP) is 3.81. The first-order valence-corrected chi connectivity index (χ1v) is 6.16. The van der Waals surface area contributed by atoms with Gasteiger partial charge in [0.2, 0.25) is 0 Å². The molecule has 0 unspecified atom stereocenters. The molecule has 0 saturated heterocycles. The number of carbonyl (C=O) groups is 1. The lowest BCUT2D eigenvalue weighted by atomic mass is 10.1. The Hall–Kier alpha value is -2.09. The first-order valence-electron chi connectivity index (χ1n) is 6.16. The topological polar surface area (TPSA) is 29.1 Å². The van der Waals surface area contributed by atoms with E-state index >= 15 is 0 Å². The van der Waals surface area contributed by atoms with Crippen molar-refractivity contribution in [2.45, 2.75) is 20.3 Å². The van der Waals surface area contributed by atoms with Crippen LogP contribution >= 0.6 is 0 Å². The smallest absolute Gasteiger partial charge is 0.255 e. The molecule has 0 radical (unpaired) electrons. The fraction of sp³-hybridized carbons (Fsp3) is 0.188. The molecule has 0 aliphatic heterocycles. The van der Waals surface area contributed by atoms with Crippen LogP contribution in [0.4, 0.5) is 5.69 Å². The van der Waals surface area contributed by atoms with E-state index in [0.29, 0.717) is 5.56 Å². The second-order valence-electron chi connectivity index (χ2n) is 4.37. The zero-order valence-corrected chi connectivity index (χ0v) is 10.7. The lowest BCUT2D eigenvalue weighted by Crippen LogP contribution is -2.11. The number of aryl methyl sites for hydroxylation is 2. The summed E-state index contributed by atoms with van der Waals surface area (Å²) in [6.45, 7) is 4.12. The lowest BCUT2D eigenvalue weighted by Gasteiger charge is -2.06. The number of amides is 1. The molecule has 18 heavy (non-hydrogen) atoms. The van der Waals surface area contributed by atoms with Gasteiger partial charge in [0.05, 0.1) is 0 Å². The van der Waals surface area contributed by atoms with Crippen LogP contribution < -0.4 is 5.32 Å². The molecule has 2 aromatic rings. The van der Waals surface area contributed by atoms with Crippen molar-refractivity contribution < 1.29 is 4.79 Å². The van der Waals surface area contributed by atoms with Gasteiger partial charge in [-0.25, -0.2) is 0 Å². The Morgan fingerprint density at radius 2 is 1.61 bits per heavy atom. The molecule has 0 aliphatic carbocycles. The molecule has 0 bridgehead atoms. The minimum Gasteiger partial charge on any atom is -0.322 e. The molecule has 2 rings (SSSR count). The normalized spacial score (nSPS) is 10.1. The summed E-state index contributed by atoms with van der Waals surface area (Å²) in [5.74, 6) is -0.0680. The summed E-state index contributed by atoms with van der Waals surface area (Å²) in [6, 6.07) is 15.5. The van der Waals surface area contributed by atoms with Gasteiger partial charge in [0.25, 0.3) is 5.91 Å². The van der Waals surface area contributed by atoms with E-state index in [1.165, 1.54) is 11.1 Å². The molecule has 2 heteroatoms. The SMILES string of the molecule is CCc1ccc(C(=O)Nc2ccc(C)cc2)cc1. The molecular weight excluding hydrogens is 222 g/mol. The van der Waals surface area contributed by atoms with Crippen LogP contribution in [0, 0.1) is 6.92 Å². The maximum absolute atomic E-state index is 12.0. The van der Waals surface area contributed by atoms with Gasteiger partial charge in [0.15, 0.2) is 0 Å². The fourth-order valence-electron chi connectivity index (χ4n) is 1.73. The first-order chi connectivity index (χ1) is 8.69. The second-order valence-corrected chi connectivity index (χ2v) is 4.37. The van der Waals surface area contributed by atoms with Gasteiger partial charge in [-0.3, -0.25) is 4.79 Å². The Balaban J connectivity index is 2.09. The maximum atomic E-state index is 12.0. The summed E-state index contributed by atoms with van der Waals surface area (Å²) in [6.07, 6.45) is 0.986. The Labute approximate surface area is 108 Å². The largest absolute Gasteiger partial charge is 0.322 e. The van der Waals surface area contributed by atoms with Crippen LogP contribution in [0.15, 0.2) is 48.5 Å². The molecule has 0 aliphatic rings. The van der Waals surface area contributed by atoms with Crippen molar-refractivity contribution in [2.75, 3.05) is 5.32 Å². The lowest BCUT2D eigenvalue weighted by molar-refractivity contribution is 0.102. The van der Waals surface area contributed by atoms with Gasteiger partial charge in [-0.05, 0) is 43.2 Å². The van der Waals surface area contributed by atoms with Gasteiger partial charge in [-0.1, -0.05) is 36.8 Å². The van der Waals surface area contributed by atoms with Crippen molar-refractivity contribution in [3.05, 3.63) is 65.2 Å². The predicted molar refractivity (Wildman–Crippen MR) is 75.0 cm³/mol. The van der Waals surface area contributed by atoms with Gasteiger partial charge >= 0.3 is 0 Å². The Morgan fingerprint density at radius 3 is 2.17 bits per heavy atom. The average molecular weight is 239 g/mol. The quantitative estimate of drug-likeness (QED) is 0.867. The summed E-state index contributed by atoms with van der Waals surface area (Å²) in [7, 11) is 0. The molecule has 0 heterocycles.